The number of halogens is 1. The van der Waals surface area contributed by atoms with Crippen LogP contribution in [0.1, 0.15) is 6.92 Å². The smallest absolute Gasteiger partial charge is 0.246 e. The molecule has 1 heterocycles. The van der Waals surface area contributed by atoms with Crippen molar-refractivity contribution in [3.8, 4) is 5.75 Å². The molecule has 1 fully saturated rings. The monoisotopic (exact) mass is 389 g/mol. The summed E-state index contributed by atoms with van der Waals surface area (Å²) in [5, 5.41) is 0.365. The molecule has 1 aromatic carbocycles. The van der Waals surface area contributed by atoms with Crippen molar-refractivity contribution in [2.24, 2.45) is 0 Å². The number of benzene rings is 1. The number of amides is 1. The van der Waals surface area contributed by atoms with Crippen LogP contribution in [-0.2, 0) is 14.8 Å². The quantitative estimate of drug-likeness (QED) is 0.758. The Labute approximate surface area is 154 Å². The third-order valence-corrected chi connectivity index (χ3v) is 5.72. The molecule has 0 spiro atoms. The zero-order valence-electron chi connectivity index (χ0n) is 14.9. The van der Waals surface area contributed by atoms with Crippen molar-refractivity contribution in [1.82, 2.24) is 9.80 Å². The Morgan fingerprint density at radius 2 is 1.88 bits per heavy atom. The number of hydrogen-bond donors (Lipinski definition) is 0. The third-order valence-electron chi connectivity index (χ3n) is 4.26. The summed E-state index contributed by atoms with van der Waals surface area (Å²) in [6.45, 7) is 4.26. The van der Waals surface area contributed by atoms with Gasteiger partial charge in [-0.25, -0.2) is 8.42 Å². The minimum atomic E-state index is -3.72. The second-order valence-electron chi connectivity index (χ2n) is 6.18. The van der Waals surface area contributed by atoms with Gasteiger partial charge in [0.15, 0.2) is 0 Å². The average molecular weight is 390 g/mol. The number of sulfonamides is 1. The van der Waals surface area contributed by atoms with Gasteiger partial charge in [0, 0.05) is 31.2 Å². The molecule has 0 saturated carbocycles. The number of carbonyl (C=O) groups is 1. The topological polar surface area (TPSA) is 70.2 Å². The van der Waals surface area contributed by atoms with Crippen molar-refractivity contribution < 1.29 is 17.9 Å². The summed E-state index contributed by atoms with van der Waals surface area (Å²) in [5.41, 5.74) is 0.257. The fourth-order valence-electron chi connectivity index (χ4n) is 2.90. The van der Waals surface area contributed by atoms with Gasteiger partial charge in [0.1, 0.15) is 11.8 Å². The number of nitrogens with zero attached hydrogens (tertiary/aromatic N) is 3. The Morgan fingerprint density at radius 1 is 1.28 bits per heavy atom. The number of carbonyl (C=O) groups excluding carboxylic acids is 1. The number of methoxy groups -OCH3 is 1. The van der Waals surface area contributed by atoms with Crippen LogP contribution in [-0.4, -0.2) is 76.8 Å². The van der Waals surface area contributed by atoms with E-state index in [9.17, 15) is 13.2 Å². The summed E-state index contributed by atoms with van der Waals surface area (Å²) in [6.07, 6.45) is 1.07. The lowest BCUT2D eigenvalue weighted by Gasteiger charge is -2.37. The molecule has 1 atom stereocenters. The zero-order chi connectivity index (χ0) is 18.8. The van der Waals surface area contributed by atoms with E-state index in [0.717, 1.165) is 23.7 Å². The second kappa shape index (κ2) is 7.80. The molecule has 0 aromatic heterocycles. The summed E-state index contributed by atoms with van der Waals surface area (Å²) >= 11 is 6.04. The Morgan fingerprint density at radius 3 is 2.40 bits per heavy atom. The molecule has 1 saturated heterocycles. The molecule has 9 heteroatoms. The highest BCUT2D eigenvalue weighted by Gasteiger charge is 2.34. The van der Waals surface area contributed by atoms with Gasteiger partial charge in [0.2, 0.25) is 15.9 Å². The molecule has 0 bridgehead atoms. The van der Waals surface area contributed by atoms with Crippen molar-refractivity contribution >= 4 is 33.2 Å². The Kier molecular flexibility index (Phi) is 6.18. The molecule has 25 heavy (non-hydrogen) atoms. The normalized spacial score (nSPS) is 17.2. The summed E-state index contributed by atoms with van der Waals surface area (Å²) in [7, 11) is -0.289. The van der Waals surface area contributed by atoms with Gasteiger partial charge < -0.3 is 14.5 Å². The van der Waals surface area contributed by atoms with Gasteiger partial charge in [-0.05, 0) is 32.2 Å². The summed E-state index contributed by atoms with van der Waals surface area (Å²) in [6, 6.07) is 3.79. The maximum absolute atomic E-state index is 12.9. The molecule has 1 amide bonds. The van der Waals surface area contributed by atoms with E-state index in [1.165, 1.54) is 13.2 Å². The Bertz CT molecular complexity index is 733. The number of likely N-dealkylation sites (N-methyl/N-ethyl adjacent to an activating group) is 1. The highest BCUT2D eigenvalue weighted by molar-refractivity contribution is 7.92. The molecule has 1 aliphatic heterocycles. The lowest BCUT2D eigenvalue weighted by Crippen LogP contribution is -2.54. The van der Waals surface area contributed by atoms with Crippen molar-refractivity contribution in [3.05, 3.63) is 23.2 Å². The number of rotatable bonds is 5. The van der Waals surface area contributed by atoms with Crippen LogP contribution in [0.2, 0.25) is 5.02 Å². The Hall–Kier alpha value is -1.51. The van der Waals surface area contributed by atoms with E-state index in [1.807, 2.05) is 7.05 Å². The van der Waals surface area contributed by atoms with Crippen LogP contribution in [0, 0.1) is 0 Å². The molecule has 2 rings (SSSR count). The first-order valence-corrected chi connectivity index (χ1v) is 10.2. The average Bonchev–Trinajstić information content (AvgIpc) is 2.54. The van der Waals surface area contributed by atoms with Crippen molar-refractivity contribution in [2.45, 2.75) is 13.0 Å². The van der Waals surface area contributed by atoms with Gasteiger partial charge in [-0.15, -0.1) is 0 Å². The molecule has 1 unspecified atom stereocenters. The third kappa shape index (κ3) is 4.56. The maximum atomic E-state index is 12.9. The van der Waals surface area contributed by atoms with Gasteiger partial charge in [-0.1, -0.05) is 11.6 Å². The van der Waals surface area contributed by atoms with Crippen molar-refractivity contribution in [1.29, 1.82) is 0 Å². The minimum absolute atomic E-state index is 0.236. The van der Waals surface area contributed by atoms with E-state index in [1.54, 1.807) is 24.0 Å². The first-order valence-electron chi connectivity index (χ1n) is 7.95. The number of ether oxygens (including phenoxy) is 1. The molecule has 1 aromatic rings. The molecule has 140 valence electrons. The van der Waals surface area contributed by atoms with Crippen LogP contribution in [0.4, 0.5) is 5.69 Å². The van der Waals surface area contributed by atoms with Gasteiger partial charge in [-0.2, -0.15) is 0 Å². The van der Waals surface area contributed by atoms with Crippen LogP contribution in [0.3, 0.4) is 0 Å². The van der Waals surface area contributed by atoms with E-state index >= 15 is 0 Å². The first kappa shape index (κ1) is 19.8. The molecule has 0 aliphatic carbocycles. The predicted molar refractivity (Wildman–Crippen MR) is 98.9 cm³/mol. The van der Waals surface area contributed by atoms with Gasteiger partial charge in [0.25, 0.3) is 0 Å². The van der Waals surface area contributed by atoms with E-state index in [0.29, 0.717) is 23.9 Å². The fourth-order valence-corrected chi connectivity index (χ4v) is 4.23. The lowest BCUT2D eigenvalue weighted by molar-refractivity contribution is -0.133. The molecule has 0 N–H and O–H groups in total. The summed E-state index contributed by atoms with van der Waals surface area (Å²) in [5.74, 6) is 0.105. The Balaban J connectivity index is 2.38. The van der Waals surface area contributed by atoms with Crippen LogP contribution >= 0.6 is 11.6 Å². The SMILES string of the molecule is COc1ccc(Cl)cc1N(C(C)C(=O)N1CCN(C)CC1)S(C)(=O)=O. The standard InChI is InChI=1S/C16H24ClN3O4S/c1-12(16(21)19-9-7-18(2)8-10-19)20(25(4,22)23)14-11-13(17)5-6-15(14)24-3/h5-6,11-12H,7-10H2,1-4H3. The summed E-state index contributed by atoms with van der Waals surface area (Å²) < 4.78 is 31.2. The highest BCUT2D eigenvalue weighted by Crippen LogP contribution is 2.34. The molecule has 0 radical (unpaired) electrons. The first-order chi connectivity index (χ1) is 11.6. The van der Waals surface area contributed by atoms with Crippen LogP contribution in [0.15, 0.2) is 18.2 Å². The van der Waals surface area contributed by atoms with Crippen LogP contribution in [0.25, 0.3) is 0 Å². The van der Waals surface area contributed by atoms with E-state index in [-0.39, 0.29) is 11.6 Å². The fraction of sp³-hybridized carbons (Fsp3) is 0.562. The molecule has 1 aliphatic rings. The van der Waals surface area contributed by atoms with E-state index in [4.69, 9.17) is 16.3 Å². The van der Waals surface area contributed by atoms with Crippen LogP contribution in [0.5, 0.6) is 5.75 Å². The number of hydrogen-bond acceptors (Lipinski definition) is 5. The van der Waals surface area contributed by atoms with Gasteiger partial charge >= 0.3 is 0 Å². The zero-order valence-corrected chi connectivity index (χ0v) is 16.5. The largest absolute Gasteiger partial charge is 0.495 e. The second-order valence-corrected chi connectivity index (χ2v) is 8.48. The lowest BCUT2D eigenvalue weighted by atomic mass is 10.2. The van der Waals surface area contributed by atoms with Gasteiger partial charge in [-0.3, -0.25) is 9.10 Å². The predicted octanol–water partition coefficient (Wildman–Crippen LogP) is 1.28. The molecular formula is C16H24ClN3O4S. The molecule has 7 nitrogen and oxygen atoms in total. The van der Waals surface area contributed by atoms with E-state index in [2.05, 4.69) is 4.90 Å². The molecular weight excluding hydrogens is 366 g/mol. The minimum Gasteiger partial charge on any atom is -0.495 e. The highest BCUT2D eigenvalue weighted by atomic mass is 35.5. The van der Waals surface area contributed by atoms with Gasteiger partial charge in [0.05, 0.1) is 19.1 Å². The van der Waals surface area contributed by atoms with Crippen LogP contribution < -0.4 is 9.04 Å². The van der Waals surface area contributed by atoms with E-state index < -0.39 is 16.1 Å². The number of anilines is 1. The maximum Gasteiger partial charge on any atom is 0.246 e. The number of piperazine rings is 1. The van der Waals surface area contributed by atoms with Crippen molar-refractivity contribution in [2.75, 3.05) is 50.9 Å². The summed E-state index contributed by atoms with van der Waals surface area (Å²) in [4.78, 5) is 16.7. The van der Waals surface area contributed by atoms with Crippen molar-refractivity contribution in [3.63, 3.8) is 0 Å².